The highest BCUT2D eigenvalue weighted by Crippen LogP contribution is 2.36. The standard InChI is InChI=1S/C13H8INO/c14-16-15-13-11-7-3-1-5-9(11)10-6-2-4-8-12(10)13/h1-8H. The predicted octanol–water partition coefficient (Wildman–Crippen LogP) is 3.79. The van der Waals surface area contributed by atoms with Gasteiger partial charge in [-0.15, -0.1) is 0 Å². The van der Waals surface area contributed by atoms with Gasteiger partial charge >= 0.3 is 0 Å². The molecule has 2 nitrogen and oxygen atoms in total. The van der Waals surface area contributed by atoms with E-state index < -0.39 is 0 Å². The molecule has 2 aromatic rings. The van der Waals surface area contributed by atoms with Gasteiger partial charge in [-0.05, 0) is 11.1 Å². The SMILES string of the molecule is ION=C1c2ccccc2-c2ccccc21. The van der Waals surface area contributed by atoms with Crippen molar-refractivity contribution in [2.45, 2.75) is 0 Å². The summed E-state index contributed by atoms with van der Waals surface area (Å²) >= 11 is 1.79. The summed E-state index contributed by atoms with van der Waals surface area (Å²) in [7, 11) is 0. The average molecular weight is 321 g/mol. The molecule has 2 aromatic carbocycles. The number of rotatable bonds is 1. The third-order valence-electron chi connectivity index (χ3n) is 2.78. The summed E-state index contributed by atoms with van der Waals surface area (Å²) in [5, 5.41) is 4.11. The molecule has 0 saturated carbocycles. The van der Waals surface area contributed by atoms with Crippen molar-refractivity contribution in [3.63, 3.8) is 0 Å². The van der Waals surface area contributed by atoms with Gasteiger partial charge in [0.15, 0.2) is 0 Å². The van der Waals surface area contributed by atoms with Crippen molar-refractivity contribution in [1.29, 1.82) is 0 Å². The number of oxime groups is 1. The number of hydrogen-bond donors (Lipinski definition) is 0. The number of halogens is 1. The van der Waals surface area contributed by atoms with Crippen molar-refractivity contribution in [1.82, 2.24) is 0 Å². The van der Waals surface area contributed by atoms with Gasteiger partial charge in [0.05, 0.1) is 0 Å². The predicted molar refractivity (Wildman–Crippen MR) is 72.6 cm³/mol. The van der Waals surface area contributed by atoms with Gasteiger partial charge in [0.25, 0.3) is 0 Å². The Morgan fingerprint density at radius 2 is 1.19 bits per heavy atom. The molecule has 0 amide bonds. The summed E-state index contributed by atoms with van der Waals surface area (Å²) in [6.07, 6.45) is 0. The summed E-state index contributed by atoms with van der Waals surface area (Å²) in [4.78, 5) is 0. The molecule has 1 aliphatic carbocycles. The third kappa shape index (κ3) is 1.35. The minimum absolute atomic E-state index is 0.917. The zero-order valence-electron chi connectivity index (χ0n) is 8.35. The molecule has 0 fully saturated rings. The topological polar surface area (TPSA) is 21.6 Å². The van der Waals surface area contributed by atoms with Gasteiger partial charge in [-0.25, -0.2) is 0 Å². The number of hydrogen-bond acceptors (Lipinski definition) is 2. The summed E-state index contributed by atoms with van der Waals surface area (Å²) in [6, 6.07) is 16.5. The maximum absolute atomic E-state index is 4.90. The molecule has 16 heavy (non-hydrogen) atoms. The largest absolute Gasteiger partial charge is 0.327 e. The van der Waals surface area contributed by atoms with E-state index in [1.54, 1.807) is 23.0 Å². The normalized spacial score (nSPS) is 11.9. The van der Waals surface area contributed by atoms with E-state index in [2.05, 4.69) is 29.4 Å². The molecule has 0 radical (unpaired) electrons. The molecule has 0 saturated heterocycles. The highest BCUT2D eigenvalue weighted by atomic mass is 127. The van der Waals surface area contributed by atoms with Gasteiger partial charge in [-0.3, -0.25) is 0 Å². The highest BCUT2D eigenvalue weighted by Gasteiger charge is 2.24. The van der Waals surface area contributed by atoms with Crippen LogP contribution in [0.3, 0.4) is 0 Å². The lowest BCUT2D eigenvalue weighted by Gasteiger charge is -1.97. The minimum Gasteiger partial charge on any atom is -0.327 e. The Labute approximate surface area is 108 Å². The molecule has 0 aromatic heterocycles. The fourth-order valence-corrected chi connectivity index (χ4v) is 2.32. The van der Waals surface area contributed by atoms with Crippen LogP contribution in [-0.4, -0.2) is 5.71 Å². The van der Waals surface area contributed by atoms with Crippen LogP contribution in [0.4, 0.5) is 0 Å². The summed E-state index contributed by atoms with van der Waals surface area (Å²) in [6.45, 7) is 0. The average Bonchev–Trinajstić information content (AvgIpc) is 2.66. The van der Waals surface area contributed by atoms with E-state index in [4.69, 9.17) is 3.17 Å². The maximum Gasteiger partial charge on any atom is 0.230 e. The fraction of sp³-hybridized carbons (Fsp3) is 0. The molecule has 0 N–H and O–H groups in total. The van der Waals surface area contributed by atoms with E-state index in [0.29, 0.717) is 0 Å². The molecular formula is C13H8INO. The minimum atomic E-state index is 0.917. The molecule has 0 unspecified atom stereocenters. The zero-order chi connectivity index (χ0) is 11.0. The molecule has 78 valence electrons. The Bertz CT molecular complexity index is 530. The third-order valence-corrected chi connectivity index (χ3v) is 2.98. The lowest BCUT2D eigenvalue weighted by Crippen LogP contribution is -1.97. The van der Waals surface area contributed by atoms with Crippen molar-refractivity contribution >= 4 is 28.7 Å². The van der Waals surface area contributed by atoms with Crippen LogP contribution in [0, 0.1) is 0 Å². The fourth-order valence-electron chi connectivity index (χ4n) is 2.13. The summed E-state index contributed by atoms with van der Waals surface area (Å²) in [5.41, 5.74) is 5.65. The number of fused-ring (bicyclic) bond motifs is 3. The zero-order valence-corrected chi connectivity index (χ0v) is 10.5. The highest BCUT2D eigenvalue weighted by molar-refractivity contribution is 14.1. The first-order valence-corrected chi connectivity index (χ1v) is 5.85. The van der Waals surface area contributed by atoms with E-state index in [-0.39, 0.29) is 0 Å². The molecule has 3 rings (SSSR count). The molecule has 0 bridgehead atoms. The number of benzene rings is 2. The van der Waals surface area contributed by atoms with Crippen molar-refractivity contribution in [3.8, 4) is 11.1 Å². The first-order valence-electron chi connectivity index (χ1n) is 4.97. The molecule has 0 aliphatic heterocycles. The monoisotopic (exact) mass is 321 g/mol. The van der Waals surface area contributed by atoms with Crippen LogP contribution in [0.15, 0.2) is 53.7 Å². The Morgan fingerprint density at radius 3 is 1.62 bits per heavy atom. The lowest BCUT2D eigenvalue weighted by molar-refractivity contribution is 0.465. The van der Waals surface area contributed by atoms with Crippen molar-refractivity contribution in [2.24, 2.45) is 5.16 Å². The van der Waals surface area contributed by atoms with Gasteiger partial charge in [0.1, 0.15) is 5.71 Å². The second-order valence-electron chi connectivity index (χ2n) is 3.60. The summed E-state index contributed by atoms with van der Waals surface area (Å²) in [5.74, 6) is 0. The van der Waals surface area contributed by atoms with Crippen LogP contribution < -0.4 is 0 Å². The van der Waals surface area contributed by atoms with Crippen LogP contribution in [0.2, 0.25) is 0 Å². The molecular weight excluding hydrogens is 313 g/mol. The Balaban J connectivity index is 2.34. The molecule has 0 atom stereocenters. The molecule has 0 heterocycles. The van der Waals surface area contributed by atoms with Gasteiger partial charge in [-0.1, -0.05) is 53.7 Å². The maximum atomic E-state index is 4.90. The first kappa shape index (κ1) is 9.84. The second kappa shape index (κ2) is 3.90. The van der Waals surface area contributed by atoms with Crippen LogP contribution in [0.5, 0.6) is 0 Å². The van der Waals surface area contributed by atoms with E-state index in [0.717, 1.165) is 16.8 Å². The molecule has 1 aliphatic rings. The van der Waals surface area contributed by atoms with Gasteiger partial charge in [0, 0.05) is 11.1 Å². The Hall–Kier alpha value is -1.36. The quantitative estimate of drug-likeness (QED) is 0.494. The summed E-state index contributed by atoms with van der Waals surface area (Å²) < 4.78 is 4.90. The van der Waals surface area contributed by atoms with E-state index in [1.807, 2.05) is 24.3 Å². The van der Waals surface area contributed by atoms with Gasteiger partial charge in [0.2, 0.25) is 23.0 Å². The lowest BCUT2D eigenvalue weighted by atomic mass is 10.1. The van der Waals surface area contributed by atoms with Crippen LogP contribution in [0.1, 0.15) is 11.1 Å². The second-order valence-corrected chi connectivity index (χ2v) is 3.99. The Kier molecular flexibility index (Phi) is 2.40. The molecule has 0 spiro atoms. The first-order chi connectivity index (χ1) is 7.92. The Morgan fingerprint density at radius 1 is 0.750 bits per heavy atom. The smallest absolute Gasteiger partial charge is 0.230 e. The van der Waals surface area contributed by atoms with E-state index in [1.165, 1.54) is 11.1 Å². The van der Waals surface area contributed by atoms with E-state index in [9.17, 15) is 0 Å². The van der Waals surface area contributed by atoms with Gasteiger partial charge in [-0.2, -0.15) is 0 Å². The van der Waals surface area contributed by atoms with E-state index >= 15 is 0 Å². The van der Waals surface area contributed by atoms with Crippen LogP contribution in [0.25, 0.3) is 11.1 Å². The van der Waals surface area contributed by atoms with Gasteiger partial charge < -0.3 is 3.17 Å². The van der Waals surface area contributed by atoms with Crippen molar-refractivity contribution in [2.75, 3.05) is 0 Å². The van der Waals surface area contributed by atoms with Crippen molar-refractivity contribution in [3.05, 3.63) is 59.7 Å². The van der Waals surface area contributed by atoms with Crippen molar-refractivity contribution < 1.29 is 3.17 Å². The molecule has 3 heteroatoms. The van der Waals surface area contributed by atoms with Crippen LogP contribution >= 0.6 is 23.0 Å². The number of nitrogens with zero attached hydrogens (tertiary/aromatic N) is 1. The van der Waals surface area contributed by atoms with Crippen LogP contribution in [-0.2, 0) is 3.17 Å².